The third-order valence-corrected chi connectivity index (χ3v) is 21.5. The lowest BCUT2D eigenvalue weighted by Crippen LogP contribution is -2.16. The number of benzene rings is 17. The molecule has 0 atom stereocenters. The first-order valence-electron chi connectivity index (χ1n) is 33.7. The summed E-state index contributed by atoms with van der Waals surface area (Å²) in [7, 11) is 0. The summed E-state index contributed by atoms with van der Waals surface area (Å²) in [6.45, 7) is 9.58. The second-order valence-corrected chi connectivity index (χ2v) is 27.6. The highest BCUT2D eigenvalue weighted by Gasteiger charge is 2.38. The zero-order chi connectivity index (χ0) is 64.0. The minimum Gasteiger partial charge on any atom is -0.310 e. The fourth-order valence-electron chi connectivity index (χ4n) is 16.5. The van der Waals surface area contributed by atoms with Gasteiger partial charge in [-0.3, -0.25) is 0 Å². The topological polar surface area (TPSA) is 6.48 Å². The minimum atomic E-state index is -0.227. The maximum absolute atomic E-state index is 2.44. The van der Waals surface area contributed by atoms with Crippen LogP contribution in [0.5, 0.6) is 0 Å². The second kappa shape index (κ2) is 21.3. The van der Waals surface area contributed by atoms with E-state index in [4.69, 9.17) is 0 Å². The Morgan fingerprint density at radius 2 is 0.500 bits per heavy atom. The van der Waals surface area contributed by atoms with Gasteiger partial charge in [-0.15, -0.1) is 0 Å². The zero-order valence-electron chi connectivity index (χ0n) is 54.1. The van der Waals surface area contributed by atoms with Crippen molar-refractivity contribution in [2.24, 2.45) is 0 Å². The van der Waals surface area contributed by atoms with Crippen LogP contribution in [-0.2, 0) is 10.8 Å². The smallest absolute Gasteiger partial charge is 0.0468 e. The Morgan fingerprint density at radius 3 is 0.854 bits per heavy atom. The first-order valence-corrected chi connectivity index (χ1v) is 33.7. The van der Waals surface area contributed by atoms with Crippen LogP contribution in [0.2, 0.25) is 0 Å². The number of fused-ring (bicyclic) bond motifs is 12. The van der Waals surface area contributed by atoms with Crippen LogP contribution >= 0.6 is 0 Å². The lowest BCUT2D eigenvalue weighted by Gasteiger charge is -2.28. The molecule has 0 spiro atoms. The van der Waals surface area contributed by atoms with E-state index in [2.05, 4.69) is 365 Å². The molecule has 0 fully saturated rings. The zero-order valence-corrected chi connectivity index (χ0v) is 54.1. The largest absolute Gasteiger partial charge is 0.310 e. The van der Waals surface area contributed by atoms with Crippen LogP contribution in [-0.4, -0.2) is 0 Å². The Morgan fingerprint density at radius 1 is 0.219 bits per heavy atom. The molecule has 0 amide bonds. The van der Waals surface area contributed by atoms with Crippen LogP contribution in [0.1, 0.15) is 72.2 Å². The number of hydrogen-bond acceptors (Lipinski definition) is 2. The van der Waals surface area contributed by atoms with Gasteiger partial charge in [-0.25, -0.2) is 0 Å². The Labute approximate surface area is 559 Å². The SMILES string of the molecule is CC1(C)c2cc(C=Cc3ccc4c5cccc6c(C=Cc7ccc8c(c7)C(C)(C)c7cc(N(c9ccc%10ccccc%10c9)c9ccc%10ccccc%10c9)ccc7-8)ccc(c7cccc3c74)c65)ccc2-c2ccc(N(c3ccc4ccccc4c3)c3ccc4ccccc4c3)cc21. The fraction of sp³-hybridized carbons (Fsp3) is 0.0638. The molecule has 0 radical (unpaired) electrons. The van der Waals surface area contributed by atoms with Crippen molar-refractivity contribution >= 4 is 145 Å². The third kappa shape index (κ3) is 8.79. The standard InChI is InChI=1S/C94H66N2/c1-93(2)87-51-59(29-45-79(87)81-49-43-75(57-89(81)93)95(71-39-33-61-15-5-9-19-67(61)53-71)72-40-34-62-16-6-10-20-68(62)54-72)27-31-65-37-47-85-84-26-14-24-78-66(38-48-86(92(78)84)83-25-13-23-77(65)91(83)85)32-28-60-30-46-80-82-50-44-76(58-90(82)94(3,4)88(80)52-60)96(73-41-35-63-17-7-11-21-69(63)55-73)74-42-36-64-18-8-12-22-70(64)56-74/h5-58H,1-4H3. The van der Waals surface area contributed by atoms with Gasteiger partial charge in [-0.1, -0.05) is 283 Å². The van der Waals surface area contributed by atoms with E-state index >= 15 is 0 Å². The molecule has 0 heterocycles. The summed E-state index contributed by atoms with van der Waals surface area (Å²) in [6.07, 6.45) is 9.30. The molecule has 0 bridgehead atoms. The summed E-state index contributed by atoms with van der Waals surface area (Å²) >= 11 is 0. The molecule has 0 aliphatic heterocycles. The molecule has 0 N–H and O–H groups in total. The van der Waals surface area contributed by atoms with Crippen LogP contribution in [0, 0.1) is 0 Å². The van der Waals surface area contributed by atoms with Crippen LogP contribution < -0.4 is 9.80 Å². The first kappa shape index (κ1) is 55.8. The van der Waals surface area contributed by atoms with Crippen molar-refractivity contribution < 1.29 is 0 Å². The van der Waals surface area contributed by atoms with Gasteiger partial charge in [-0.2, -0.15) is 0 Å². The molecule has 2 heteroatoms. The average molecular weight is 1220 g/mol. The van der Waals surface area contributed by atoms with Crippen LogP contribution in [0.4, 0.5) is 34.1 Å². The van der Waals surface area contributed by atoms with E-state index in [1.54, 1.807) is 0 Å². The Balaban J connectivity index is 0.619. The van der Waals surface area contributed by atoms with Gasteiger partial charge in [0.05, 0.1) is 0 Å². The second-order valence-electron chi connectivity index (χ2n) is 27.6. The monoisotopic (exact) mass is 1220 g/mol. The lowest BCUT2D eigenvalue weighted by molar-refractivity contribution is 0.660. The van der Waals surface area contributed by atoms with Crippen molar-refractivity contribution in [3.05, 3.63) is 348 Å². The molecule has 2 aliphatic carbocycles. The predicted octanol–water partition coefficient (Wildman–Crippen LogP) is 26.2. The van der Waals surface area contributed by atoms with Gasteiger partial charge in [0.25, 0.3) is 0 Å². The average Bonchev–Trinajstić information content (AvgIpc) is 1.14. The van der Waals surface area contributed by atoms with Crippen molar-refractivity contribution in [2.75, 3.05) is 9.80 Å². The maximum Gasteiger partial charge on any atom is 0.0468 e. The highest BCUT2D eigenvalue weighted by molar-refractivity contribution is 6.34. The molecule has 17 aromatic carbocycles. The lowest BCUT2D eigenvalue weighted by atomic mass is 9.81. The highest BCUT2D eigenvalue weighted by Crippen LogP contribution is 2.54. The molecule has 0 saturated carbocycles. The summed E-state index contributed by atoms with van der Waals surface area (Å²) in [4.78, 5) is 4.86. The van der Waals surface area contributed by atoms with Gasteiger partial charge in [-0.05, 0) is 226 Å². The van der Waals surface area contributed by atoms with Crippen molar-refractivity contribution in [3.8, 4) is 22.3 Å². The van der Waals surface area contributed by atoms with Crippen LogP contribution in [0.25, 0.3) is 133 Å². The molecule has 0 aromatic heterocycles. The van der Waals surface area contributed by atoms with E-state index in [9.17, 15) is 0 Å². The van der Waals surface area contributed by atoms with E-state index in [-0.39, 0.29) is 10.8 Å². The van der Waals surface area contributed by atoms with Crippen molar-refractivity contribution in [2.45, 2.75) is 38.5 Å². The molecule has 2 aliphatic rings. The van der Waals surface area contributed by atoms with Crippen LogP contribution in [0.3, 0.4) is 0 Å². The van der Waals surface area contributed by atoms with Crippen molar-refractivity contribution in [3.63, 3.8) is 0 Å². The Hall–Kier alpha value is -11.8. The normalized spacial score (nSPS) is 13.7. The van der Waals surface area contributed by atoms with E-state index in [0.717, 1.165) is 34.1 Å². The molecule has 452 valence electrons. The Kier molecular flexibility index (Phi) is 12.4. The van der Waals surface area contributed by atoms with Crippen LogP contribution in [0.15, 0.2) is 303 Å². The van der Waals surface area contributed by atoms with Gasteiger partial charge in [0.2, 0.25) is 0 Å². The molecule has 0 unspecified atom stereocenters. The summed E-state index contributed by atoms with van der Waals surface area (Å²) in [5.74, 6) is 0. The molecule has 2 nitrogen and oxygen atoms in total. The third-order valence-electron chi connectivity index (χ3n) is 21.5. The predicted molar refractivity (Wildman–Crippen MR) is 413 cm³/mol. The number of anilines is 6. The van der Waals surface area contributed by atoms with Gasteiger partial charge in [0, 0.05) is 45.0 Å². The quantitative estimate of drug-likeness (QED) is 0.0765. The maximum atomic E-state index is 2.44. The van der Waals surface area contributed by atoms with E-state index < -0.39 is 0 Å². The molecule has 19 rings (SSSR count). The fourth-order valence-corrected chi connectivity index (χ4v) is 16.5. The highest BCUT2D eigenvalue weighted by atomic mass is 15.1. The van der Waals surface area contributed by atoms with Crippen molar-refractivity contribution in [1.82, 2.24) is 0 Å². The molecular formula is C94H66N2. The molecule has 0 saturated heterocycles. The van der Waals surface area contributed by atoms with E-state index in [1.165, 1.54) is 153 Å². The minimum absolute atomic E-state index is 0.227. The molecule has 17 aromatic rings. The number of hydrogen-bond donors (Lipinski definition) is 0. The number of nitrogens with zero attached hydrogens (tertiary/aromatic N) is 2. The number of rotatable bonds is 10. The summed E-state index contributed by atoms with van der Waals surface area (Å²) in [5.41, 5.74) is 21.8. The van der Waals surface area contributed by atoms with Gasteiger partial charge >= 0.3 is 0 Å². The van der Waals surface area contributed by atoms with Crippen molar-refractivity contribution in [1.29, 1.82) is 0 Å². The Bertz CT molecular complexity index is 5620. The van der Waals surface area contributed by atoms with Gasteiger partial charge in [0.1, 0.15) is 0 Å². The molecular weight excluding hydrogens is 1160 g/mol. The summed E-state index contributed by atoms with van der Waals surface area (Å²) < 4.78 is 0. The summed E-state index contributed by atoms with van der Waals surface area (Å²) in [5, 5.41) is 20.1. The van der Waals surface area contributed by atoms with E-state index in [0.29, 0.717) is 0 Å². The first-order chi connectivity index (χ1) is 47.1. The van der Waals surface area contributed by atoms with E-state index in [1.807, 2.05) is 0 Å². The molecule has 96 heavy (non-hydrogen) atoms. The summed E-state index contributed by atoms with van der Waals surface area (Å²) in [6, 6.07) is 113. The van der Waals surface area contributed by atoms with Gasteiger partial charge in [0.15, 0.2) is 0 Å². The van der Waals surface area contributed by atoms with Gasteiger partial charge < -0.3 is 9.80 Å².